The predicted octanol–water partition coefficient (Wildman–Crippen LogP) is 5.97. The lowest BCUT2D eigenvalue weighted by Gasteiger charge is -2.05. The maximum atomic E-state index is 11.5. The van der Waals surface area contributed by atoms with Crippen molar-refractivity contribution in [3.63, 3.8) is 0 Å². The summed E-state index contributed by atoms with van der Waals surface area (Å²) in [6.07, 6.45) is 19.6. The van der Waals surface area contributed by atoms with Gasteiger partial charge < -0.3 is 4.74 Å². The summed E-state index contributed by atoms with van der Waals surface area (Å²) in [7, 11) is 0. The minimum atomic E-state index is -0.0185. The number of carbonyl (C=O) groups excluding carboxylic acids is 1. The molecule has 0 aromatic rings. The zero-order chi connectivity index (χ0) is 15.6. The van der Waals surface area contributed by atoms with Crippen molar-refractivity contribution in [3.8, 4) is 0 Å². The minimum Gasteiger partial charge on any atom is -0.466 e. The summed E-state index contributed by atoms with van der Waals surface area (Å²) in [5.41, 5.74) is 0. The number of carbonyl (C=O) groups is 1. The third kappa shape index (κ3) is 16.9. The molecule has 21 heavy (non-hydrogen) atoms. The normalized spacial score (nSPS) is 10.9. The SMILES string of the molecule is C=CCCCCCCOC(=O)CCCCCCC/C=C/C. The van der Waals surface area contributed by atoms with Crippen molar-refractivity contribution in [1.82, 2.24) is 0 Å². The van der Waals surface area contributed by atoms with Crippen LogP contribution < -0.4 is 0 Å². The molecule has 0 spiro atoms. The van der Waals surface area contributed by atoms with Crippen molar-refractivity contribution in [3.05, 3.63) is 24.8 Å². The first-order valence-corrected chi connectivity index (χ1v) is 8.69. The third-order valence-corrected chi connectivity index (χ3v) is 3.55. The van der Waals surface area contributed by atoms with E-state index in [1.165, 1.54) is 38.5 Å². The Hall–Kier alpha value is -1.05. The van der Waals surface area contributed by atoms with Gasteiger partial charge in [0, 0.05) is 6.42 Å². The van der Waals surface area contributed by atoms with Crippen molar-refractivity contribution in [2.75, 3.05) is 6.61 Å². The van der Waals surface area contributed by atoms with Crippen LogP contribution in [0.15, 0.2) is 24.8 Å². The van der Waals surface area contributed by atoms with Gasteiger partial charge in [-0.3, -0.25) is 4.79 Å². The van der Waals surface area contributed by atoms with Gasteiger partial charge in [0.2, 0.25) is 0 Å². The van der Waals surface area contributed by atoms with E-state index in [0.717, 1.165) is 32.1 Å². The number of esters is 1. The molecule has 0 rings (SSSR count). The molecular formula is C19H34O2. The van der Waals surface area contributed by atoms with Gasteiger partial charge in [-0.1, -0.05) is 50.3 Å². The Bertz CT molecular complexity index is 269. The Morgan fingerprint density at radius 2 is 1.52 bits per heavy atom. The highest BCUT2D eigenvalue weighted by Gasteiger charge is 2.02. The largest absolute Gasteiger partial charge is 0.466 e. The van der Waals surface area contributed by atoms with Crippen molar-refractivity contribution in [1.29, 1.82) is 0 Å². The van der Waals surface area contributed by atoms with E-state index in [9.17, 15) is 4.79 Å². The van der Waals surface area contributed by atoms with Crippen LogP contribution in [0, 0.1) is 0 Å². The van der Waals surface area contributed by atoms with Gasteiger partial charge >= 0.3 is 5.97 Å². The first-order chi connectivity index (χ1) is 10.3. The van der Waals surface area contributed by atoms with Crippen molar-refractivity contribution in [2.24, 2.45) is 0 Å². The van der Waals surface area contributed by atoms with Gasteiger partial charge in [0.25, 0.3) is 0 Å². The summed E-state index contributed by atoms with van der Waals surface area (Å²) in [4.78, 5) is 11.5. The molecule has 0 aliphatic rings. The van der Waals surface area contributed by atoms with E-state index in [4.69, 9.17) is 4.74 Å². The number of rotatable bonds is 15. The molecule has 122 valence electrons. The highest BCUT2D eigenvalue weighted by atomic mass is 16.5. The van der Waals surface area contributed by atoms with Crippen LogP contribution >= 0.6 is 0 Å². The molecule has 0 bridgehead atoms. The number of ether oxygens (including phenoxy) is 1. The van der Waals surface area contributed by atoms with E-state index in [1.54, 1.807) is 0 Å². The monoisotopic (exact) mass is 294 g/mol. The molecule has 0 radical (unpaired) electrons. The highest BCUT2D eigenvalue weighted by Crippen LogP contribution is 2.09. The molecule has 0 fully saturated rings. The smallest absolute Gasteiger partial charge is 0.305 e. The maximum absolute atomic E-state index is 11.5. The molecular weight excluding hydrogens is 260 g/mol. The average Bonchev–Trinajstić information content (AvgIpc) is 2.49. The second kappa shape index (κ2) is 17.0. The van der Waals surface area contributed by atoms with Crippen molar-refractivity contribution < 1.29 is 9.53 Å². The number of hydrogen-bond donors (Lipinski definition) is 0. The van der Waals surface area contributed by atoms with Gasteiger partial charge in [-0.15, -0.1) is 6.58 Å². The molecule has 2 heteroatoms. The van der Waals surface area contributed by atoms with Crippen LogP contribution in [0.5, 0.6) is 0 Å². The van der Waals surface area contributed by atoms with Crippen LogP contribution in [-0.4, -0.2) is 12.6 Å². The van der Waals surface area contributed by atoms with E-state index in [2.05, 4.69) is 25.7 Å². The highest BCUT2D eigenvalue weighted by molar-refractivity contribution is 5.69. The Morgan fingerprint density at radius 1 is 0.905 bits per heavy atom. The van der Waals surface area contributed by atoms with E-state index < -0.39 is 0 Å². The minimum absolute atomic E-state index is 0.0185. The predicted molar refractivity (Wildman–Crippen MR) is 91.4 cm³/mol. The molecule has 0 saturated carbocycles. The van der Waals surface area contributed by atoms with Gasteiger partial charge in [0.05, 0.1) is 6.61 Å². The van der Waals surface area contributed by atoms with Crippen molar-refractivity contribution in [2.45, 2.75) is 84.0 Å². The lowest BCUT2D eigenvalue weighted by molar-refractivity contribution is -0.143. The molecule has 0 amide bonds. The second-order valence-corrected chi connectivity index (χ2v) is 5.59. The quantitative estimate of drug-likeness (QED) is 0.211. The van der Waals surface area contributed by atoms with Crippen LogP contribution in [0.2, 0.25) is 0 Å². The maximum Gasteiger partial charge on any atom is 0.305 e. The summed E-state index contributed by atoms with van der Waals surface area (Å²) in [5.74, 6) is -0.0185. The zero-order valence-electron chi connectivity index (χ0n) is 13.9. The van der Waals surface area contributed by atoms with Crippen LogP contribution in [0.1, 0.15) is 84.0 Å². The molecule has 0 aliphatic carbocycles. The first kappa shape index (κ1) is 19.9. The van der Waals surface area contributed by atoms with Gasteiger partial charge in [-0.05, 0) is 45.4 Å². The van der Waals surface area contributed by atoms with E-state index in [-0.39, 0.29) is 5.97 Å². The number of unbranched alkanes of at least 4 members (excludes halogenated alkanes) is 9. The fraction of sp³-hybridized carbons (Fsp3) is 0.737. The first-order valence-electron chi connectivity index (χ1n) is 8.69. The van der Waals surface area contributed by atoms with Gasteiger partial charge in [0.15, 0.2) is 0 Å². The third-order valence-electron chi connectivity index (χ3n) is 3.55. The Labute approximate surface area is 131 Å². The van der Waals surface area contributed by atoms with Gasteiger partial charge in [-0.25, -0.2) is 0 Å². The standard InChI is InChI=1S/C19H34O2/c1-3-5-7-9-11-12-13-15-17-19(20)21-18-16-14-10-8-6-4-2/h3-5H,2,6-18H2,1H3/b5-3+. The second-order valence-electron chi connectivity index (χ2n) is 5.59. The fourth-order valence-corrected chi connectivity index (χ4v) is 2.23. The molecule has 2 nitrogen and oxygen atoms in total. The summed E-state index contributed by atoms with van der Waals surface area (Å²) in [5, 5.41) is 0. The Kier molecular flexibility index (Phi) is 16.2. The van der Waals surface area contributed by atoms with Crippen molar-refractivity contribution >= 4 is 5.97 Å². The lowest BCUT2D eigenvalue weighted by atomic mass is 10.1. The molecule has 0 unspecified atom stereocenters. The average molecular weight is 294 g/mol. The molecule has 0 aromatic heterocycles. The topological polar surface area (TPSA) is 26.3 Å². The Balaban J connectivity index is 3.18. The number of allylic oxidation sites excluding steroid dienone is 3. The summed E-state index contributed by atoms with van der Waals surface area (Å²) in [6, 6.07) is 0. The zero-order valence-corrected chi connectivity index (χ0v) is 13.9. The molecule has 0 aliphatic heterocycles. The van der Waals surface area contributed by atoms with Gasteiger partial charge in [0.1, 0.15) is 0 Å². The van der Waals surface area contributed by atoms with E-state index >= 15 is 0 Å². The fourth-order valence-electron chi connectivity index (χ4n) is 2.23. The van der Waals surface area contributed by atoms with Gasteiger partial charge in [-0.2, -0.15) is 0 Å². The van der Waals surface area contributed by atoms with Crippen LogP contribution in [0.4, 0.5) is 0 Å². The van der Waals surface area contributed by atoms with E-state index in [1.807, 2.05) is 6.08 Å². The molecule has 0 atom stereocenters. The summed E-state index contributed by atoms with van der Waals surface area (Å²) in [6.45, 7) is 6.36. The molecule has 0 heterocycles. The van der Waals surface area contributed by atoms with Crippen LogP contribution in [0.3, 0.4) is 0 Å². The van der Waals surface area contributed by atoms with E-state index in [0.29, 0.717) is 13.0 Å². The lowest BCUT2D eigenvalue weighted by Crippen LogP contribution is -2.05. The Morgan fingerprint density at radius 3 is 2.24 bits per heavy atom. The summed E-state index contributed by atoms with van der Waals surface area (Å²) < 4.78 is 5.24. The van der Waals surface area contributed by atoms with Crippen LogP contribution in [-0.2, 0) is 9.53 Å². The molecule has 0 N–H and O–H groups in total. The molecule has 0 aromatic carbocycles. The molecule has 0 saturated heterocycles. The summed E-state index contributed by atoms with van der Waals surface area (Å²) >= 11 is 0. The number of hydrogen-bond acceptors (Lipinski definition) is 2. The van der Waals surface area contributed by atoms with Crippen LogP contribution in [0.25, 0.3) is 0 Å².